The van der Waals surface area contributed by atoms with E-state index in [1.807, 2.05) is 31.3 Å². The second kappa shape index (κ2) is 7.40. The van der Waals surface area contributed by atoms with Gasteiger partial charge >= 0.3 is 5.97 Å². The average Bonchev–Trinajstić information content (AvgIpc) is 3.00. The molecule has 6 nitrogen and oxygen atoms in total. The summed E-state index contributed by atoms with van der Waals surface area (Å²) in [5, 5.41) is 15.5. The Morgan fingerprint density at radius 1 is 1.32 bits per heavy atom. The van der Waals surface area contributed by atoms with Crippen LogP contribution in [0.2, 0.25) is 0 Å². The SMILES string of the molecule is Cc1cc(C(=O)NCCCCC(=O)O)ccc1-n1cccn1. The molecule has 2 rings (SSSR count). The number of unbranched alkanes of at least 4 members (excludes halogenated alkanes) is 1. The Bertz CT molecular complexity index is 651. The number of hydrogen-bond acceptors (Lipinski definition) is 3. The second-order valence-corrected chi connectivity index (χ2v) is 5.06. The van der Waals surface area contributed by atoms with E-state index in [0.29, 0.717) is 24.9 Å². The van der Waals surface area contributed by atoms with Crippen LogP contribution >= 0.6 is 0 Å². The maximum atomic E-state index is 12.0. The van der Waals surface area contributed by atoms with E-state index < -0.39 is 5.97 Å². The van der Waals surface area contributed by atoms with Gasteiger partial charge in [-0.05, 0) is 49.6 Å². The van der Waals surface area contributed by atoms with E-state index in [1.54, 1.807) is 16.9 Å². The Morgan fingerprint density at radius 2 is 2.14 bits per heavy atom. The zero-order valence-electron chi connectivity index (χ0n) is 12.5. The molecule has 2 N–H and O–H groups in total. The van der Waals surface area contributed by atoms with Crippen molar-refractivity contribution in [2.45, 2.75) is 26.2 Å². The first-order chi connectivity index (χ1) is 10.6. The van der Waals surface area contributed by atoms with Crippen molar-refractivity contribution in [3.63, 3.8) is 0 Å². The molecule has 1 aromatic carbocycles. The summed E-state index contributed by atoms with van der Waals surface area (Å²) >= 11 is 0. The summed E-state index contributed by atoms with van der Waals surface area (Å²) in [7, 11) is 0. The van der Waals surface area contributed by atoms with Gasteiger partial charge in [-0.1, -0.05) is 0 Å². The summed E-state index contributed by atoms with van der Waals surface area (Å²) in [6.45, 7) is 2.41. The number of hydrogen-bond donors (Lipinski definition) is 2. The van der Waals surface area contributed by atoms with E-state index >= 15 is 0 Å². The number of carbonyl (C=O) groups is 2. The molecule has 116 valence electrons. The normalized spacial score (nSPS) is 10.4. The maximum absolute atomic E-state index is 12.0. The van der Waals surface area contributed by atoms with Crippen LogP contribution in [0.3, 0.4) is 0 Å². The van der Waals surface area contributed by atoms with Gasteiger partial charge in [0, 0.05) is 30.9 Å². The van der Waals surface area contributed by atoms with Crippen molar-refractivity contribution < 1.29 is 14.7 Å². The molecule has 0 aliphatic rings. The van der Waals surface area contributed by atoms with Crippen molar-refractivity contribution in [2.24, 2.45) is 0 Å². The number of rotatable bonds is 7. The molecule has 22 heavy (non-hydrogen) atoms. The molecule has 0 atom stereocenters. The van der Waals surface area contributed by atoms with Crippen molar-refractivity contribution in [3.8, 4) is 5.69 Å². The second-order valence-electron chi connectivity index (χ2n) is 5.06. The molecule has 1 aromatic heterocycles. The third-order valence-corrected chi connectivity index (χ3v) is 3.31. The van der Waals surface area contributed by atoms with Crippen LogP contribution in [-0.4, -0.2) is 33.3 Å². The van der Waals surface area contributed by atoms with Gasteiger partial charge in [0.1, 0.15) is 0 Å². The van der Waals surface area contributed by atoms with Crippen LogP contribution in [0.1, 0.15) is 35.2 Å². The molecule has 0 saturated carbocycles. The fourth-order valence-electron chi connectivity index (χ4n) is 2.17. The molecule has 6 heteroatoms. The van der Waals surface area contributed by atoms with Crippen molar-refractivity contribution in [1.82, 2.24) is 15.1 Å². The first-order valence-corrected chi connectivity index (χ1v) is 7.18. The lowest BCUT2D eigenvalue weighted by Crippen LogP contribution is -2.24. The van der Waals surface area contributed by atoms with Crippen LogP contribution in [-0.2, 0) is 4.79 Å². The first kappa shape index (κ1) is 15.8. The van der Waals surface area contributed by atoms with Gasteiger partial charge in [-0.3, -0.25) is 9.59 Å². The molecule has 0 unspecified atom stereocenters. The smallest absolute Gasteiger partial charge is 0.303 e. The van der Waals surface area contributed by atoms with Gasteiger partial charge in [0.2, 0.25) is 0 Å². The summed E-state index contributed by atoms with van der Waals surface area (Å²) in [5.41, 5.74) is 2.48. The van der Waals surface area contributed by atoms with Crippen LogP contribution in [0.4, 0.5) is 0 Å². The van der Waals surface area contributed by atoms with E-state index in [0.717, 1.165) is 11.3 Å². The average molecular weight is 301 g/mol. The fourth-order valence-corrected chi connectivity index (χ4v) is 2.17. The van der Waals surface area contributed by atoms with E-state index in [9.17, 15) is 9.59 Å². The molecule has 0 radical (unpaired) electrons. The Labute approximate surface area is 128 Å². The quantitative estimate of drug-likeness (QED) is 0.768. The highest BCUT2D eigenvalue weighted by molar-refractivity contribution is 5.94. The molecular formula is C16H19N3O3. The van der Waals surface area contributed by atoms with Gasteiger partial charge in [-0.25, -0.2) is 4.68 Å². The minimum absolute atomic E-state index is 0.132. The summed E-state index contributed by atoms with van der Waals surface area (Å²) in [5.74, 6) is -0.957. The molecule has 0 aliphatic heterocycles. The summed E-state index contributed by atoms with van der Waals surface area (Å²) < 4.78 is 1.75. The molecule has 1 heterocycles. The van der Waals surface area contributed by atoms with E-state index in [1.165, 1.54) is 0 Å². The number of carboxylic acid groups (broad SMARTS) is 1. The molecule has 2 aromatic rings. The summed E-state index contributed by atoms with van der Waals surface area (Å²) in [4.78, 5) is 22.4. The van der Waals surface area contributed by atoms with Crippen molar-refractivity contribution in [1.29, 1.82) is 0 Å². The minimum Gasteiger partial charge on any atom is -0.481 e. The highest BCUT2D eigenvalue weighted by Gasteiger charge is 2.08. The summed E-state index contributed by atoms with van der Waals surface area (Å²) in [6.07, 6.45) is 4.91. The minimum atomic E-state index is -0.809. The van der Waals surface area contributed by atoms with Gasteiger partial charge in [-0.2, -0.15) is 5.10 Å². The molecule has 0 saturated heterocycles. The zero-order valence-corrected chi connectivity index (χ0v) is 12.5. The number of carbonyl (C=O) groups excluding carboxylic acids is 1. The number of amides is 1. The molecule has 1 amide bonds. The molecule has 0 spiro atoms. The number of nitrogens with one attached hydrogen (secondary N) is 1. The number of carboxylic acids is 1. The van der Waals surface area contributed by atoms with Crippen molar-refractivity contribution in [2.75, 3.05) is 6.54 Å². The van der Waals surface area contributed by atoms with Crippen LogP contribution in [0.15, 0.2) is 36.7 Å². The van der Waals surface area contributed by atoms with Crippen LogP contribution < -0.4 is 5.32 Å². The van der Waals surface area contributed by atoms with Crippen molar-refractivity contribution in [3.05, 3.63) is 47.8 Å². The predicted molar refractivity (Wildman–Crippen MR) is 82.1 cm³/mol. The Balaban J connectivity index is 1.91. The molecule has 0 bridgehead atoms. The van der Waals surface area contributed by atoms with Gasteiger partial charge in [0.05, 0.1) is 5.69 Å². The fraction of sp³-hybridized carbons (Fsp3) is 0.312. The van der Waals surface area contributed by atoms with Gasteiger partial charge in [0.25, 0.3) is 5.91 Å². The highest BCUT2D eigenvalue weighted by atomic mass is 16.4. The lowest BCUT2D eigenvalue weighted by atomic mass is 10.1. The Kier molecular flexibility index (Phi) is 5.30. The Morgan fingerprint density at radius 3 is 2.77 bits per heavy atom. The maximum Gasteiger partial charge on any atom is 0.303 e. The number of benzene rings is 1. The monoisotopic (exact) mass is 301 g/mol. The third-order valence-electron chi connectivity index (χ3n) is 3.31. The molecule has 0 fully saturated rings. The van der Waals surface area contributed by atoms with E-state index in [2.05, 4.69) is 10.4 Å². The Hall–Kier alpha value is -2.63. The summed E-state index contributed by atoms with van der Waals surface area (Å²) in [6, 6.07) is 7.29. The van der Waals surface area contributed by atoms with Gasteiger partial charge in [0.15, 0.2) is 0 Å². The largest absolute Gasteiger partial charge is 0.481 e. The van der Waals surface area contributed by atoms with Crippen LogP contribution in [0.25, 0.3) is 5.69 Å². The lowest BCUT2D eigenvalue weighted by Gasteiger charge is -2.09. The highest BCUT2D eigenvalue weighted by Crippen LogP contribution is 2.15. The molecular weight excluding hydrogens is 282 g/mol. The number of nitrogens with zero attached hydrogens (tertiary/aromatic N) is 2. The van der Waals surface area contributed by atoms with Crippen LogP contribution in [0.5, 0.6) is 0 Å². The van der Waals surface area contributed by atoms with Gasteiger partial charge < -0.3 is 10.4 Å². The number of aliphatic carboxylic acids is 1. The van der Waals surface area contributed by atoms with E-state index in [4.69, 9.17) is 5.11 Å². The third kappa shape index (κ3) is 4.18. The van der Waals surface area contributed by atoms with Gasteiger partial charge in [-0.15, -0.1) is 0 Å². The van der Waals surface area contributed by atoms with E-state index in [-0.39, 0.29) is 12.3 Å². The standard InChI is InChI=1S/C16H19N3O3/c1-12-11-13(6-7-14(12)19-10-4-9-18-19)16(22)17-8-3-2-5-15(20)21/h4,6-7,9-11H,2-3,5,8H2,1H3,(H,17,22)(H,20,21). The first-order valence-electron chi connectivity index (χ1n) is 7.18. The van der Waals surface area contributed by atoms with Crippen molar-refractivity contribution >= 4 is 11.9 Å². The predicted octanol–water partition coefficient (Wildman–Crippen LogP) is 2.17. The number of aryl methyl sites for hydroxylation is 1. The zero-order chi connectivity index (χ0) is 15.9. The molecule has 0 aliphatic carbocycles. The number of aromatic nitrogens is 2. The van der Waals surface area contributed by atoms with Crippen LogP contribution in [0, 0.1) is 6.92 Å². The lowest BCUT2D eigenvalue weighted by molar-refractivity contribution is -0.137. The topological polar surface area (TPSA) is 84.2 Å².